The van der Waals surface area contributed by atoms with Gasteiger partial charge in [0.05, 0.1) is 6.04 Å². The first-order valence-corrected chi connectivity index (χ1v) is 8.45. The van der Waals surface area contributed by atoms with E-state index in [9.17, 15) is 4.39 Å². The van der Waals surface area contributed by atoms with Crippen molar-refractivity contribution in [2.45, 2.75) is 39.0 Å². The number of hydrogen-bond acceptors (Lipinski definition) is 2. The van der Waals surface area contributed by atoms with Crippen LogP contribution in [0.15, 0.2) is 36.4 Å². The molecular weight excluding hydrogens is 323 g/mol. The summed E-state index contributed by atoms with van der Waals surface area (Å²) < 4.78 is 19.9. The highest BCUT2D eigenvalue weighted by Gasteiger charge is 2.48. The fourth-order valence-electron chi connectivity index (χ4n) is 3.60. The lowest BCUT2D eigenvalue weighted by atomic mass is 9.90. The van der Waals surface area contributed by atoms with Gasteiger partial charge in [-0.3, -0.25) is 4.90 Å². The van der Waals surface area contributed by atoms with Crippen molar-refractivity contribution in [3.63, 3.8) is 0 Å². The van der Waals surface area contributed by atoms with Crippen LogP contribution in [0.25, 0.3) is 0 Å². The molecule has 2 aliphatic rings. The third-order valence-electron chi connectivity index (χ3n) is 4.98. The maximum atomic E-state index is 13.6. The highest BCUT2D eigenvalue weighted by molar-refractivity contribution is 7.80. The van der Waals surface area contributed by atoms with E-state index in [4.69, 9.17) is 17.0 Å². The molecule has 0 unspecified atom stereocenters. The second kappa shape index (κ2) is 5.18. The van der Waals surface area contributed by atoms with Gasteiger partial charge < -0.3 is 10.1 Å². The lowest BCUT2D eigenvalue weighted by Gasteiger charge is -2.52. The molecule has 0 aliphatic carbocycles. The lowest BCUT2D eigenvalue weighted by Crippen LogP contribution is -2.65. The Morgan fingerprint density at radius 1 is 1.21 bits per heavy atom. The number of nitrogens with zero attached hydrogens (tertiary/aromatic N) is 1. The van der Waals surface area contributed by atoms with Crippen molar-refractivity contribution < 1.29 is 9.13 Å². The molecular formula is C19H19FN2OS. The standard InChI is InChI=1S/C19H19FN2OS/c1-11-4-6-14(8-12(11)2)22-18(24)21-16-10-19(22,3)23-17-7-5-13(20)9-15(16)17/h4-9,16H,10H2,1-3H3,(H,21,24)/t16-,19-/m1/s1. The van der Waals surface area contributed by atoms with Crippen molar-refractivity contribution in [1.82, 2.24) is 5.32 Å². The van der Waals surface area contributed by atoms with E-state index in [0.717, 1.165) is 11.3 Å². The third-order valence-corrected chi connectivity index (χ3v) is 5.28. The second-order valence-corrected chi connectivity index (χ2v) is 7.16. The molecule has 2 aromatic carbocycles. The van der Waals surface area contributed by atoms with E-state index in [1.807, 2.05) is 11.8 Å². The van der Waals surface area contributed by atoms with E-state index >= 15 is 0 Å². The van der Waals surface area contributed by atoms with Crippen molar-refractivity contribution in [3.05, 3.63) is 58.9 Å². The SMILES string of the molecule is Cc1ccc(N2C(=S)N[C@@H]3C[C@@]2(C)Oc2ccc(F)cc23)cc1C. The van der Waals surface area contributed by atoms with E-state index in [1.54, 1.807) is 6.07 Å². The Morgan fingerprint density at radius 2 is 2.00 bits per heavy atom. The molecule has 2 aromatic rings. The van der Waals surface area contributed by atoms with Gasteiger partial charge in [0.15, 0.2) is 10.8 Å². The molecule has 0 spiro atoms. The first-order valence-electron chi connectivity index (χ1n) is 8.04. The zero-order valence-electron chi connectivity index (χ0n) is 13.9. The molecule has 1 fully saturated rings. The van der Waals surface area contributed by atoms with Crippen molar-refractivity contribution in [2.24, 2.45) is 0 Å². The highest BCUT2D eigenvalue weighted by Crippen LogP contribution is 2.45. The summed E-state index contributed by atoms with van der Waals surface area (Å²) >= 11 is 5.61. The van der Waals surface area contributed by atoms with Crippen molar-refractivity contribution in [3.8, 4) is 5.75 Å². The maximum absolute atomic E-state index is 13.6. The van der Waals surface area contributed by atoms with Gasteiger partial charge in [0.25, 0.3) is 0 Å². The van der Waals surface area contributed by atoms with Crippen LogP contribution in [0.1, 0.15) is 36.1 Å². The molecule has 1 N–H and O–H groups in total. The summed E-state index contributed by atoms with van der Waals surface area (Å²) in [5.74, 6) is 0.448. The predicted molar refractivity (Wildman–Crippen MR) is 96.9 cm³/mol. The van der Waals surface area contributed by atoms with Crippen molar-refractivity contribution in [1.29, 1.82) is 0 Å². The summed E-state index contributed by atoms with van der Waals surface area (Å²) in [7, 11) is 0. The topological polar surface area (TPSA) is 24.5 Å². The summed E-state index contributed by atoms with van der Waals surface area (Å²) in [6.45, 7) is 6.21. The first-order chi connectivity index (χ1) is 11.4. The minimum absolute atomic E-state index is 0.0373. The number of rotatable bonds is 1. The highest BCUT2D eigenvalue weighted by atomic mass is 32.1. The summed E-state index contributed by atoms with van der Waals surface area (Å²) in [4.78, 5) is 2.03. The van der Waals surface area contributed by atoms with Crippen LogP contribution >= 0.6 is 12.2 Å². The van der Waals surface area contributed by atoms with E-state index in [-0.39, 0.29) is 11.9 Å². The minimum atomic E-state index is -0.598. The second-order valence-electron chi connectivity index (χ2n) is 6.77. The fraction of sp³-hybridized carbons (Fsp3) is 0.316. The van der Waals surface area contributed by atoms with Gasteiger partial charge in [-0.2, -0.15) is 0 Å². The van der Waals surface area contributed by atoms with Crippen LogP contribution in [0.4, 0.5) is 10.1 Å². The molecule has 4 rings (SSSR count). The van der Waals surface area contributed by atoms with Crippen LogP contribution < -0.4 is 15.0 Å². The Hall–Kier alpha value is -2.14. The number of thiocarbonyl (C=S) groups is 1. The Labute approximate surface area is 146 Å². The number of halogens is 1. The van der Waals surface area contributed by atoms with Crippen LogP contribution in [0, 0.1) is 19.7 Å². The summed E-state index contributed by atoms with van der Waals surface area (Å²) in [5.41, 5.74) is 3.68. The van der Waals surface area contributed by atoms with Gasteiger partial charge in [-0.05, 0) is 74.4 Å². The third kappa shape index (κ3) is 2.26. The molecule has 2 heterocycles. The van der Waals surface area contributed by atoms with Crippen LogP contribution in [0.2, 0.25) is 0 Å². The lowest BCUT2D eigenvalue weighted by molar-refractivity contribution is 0.0495. The van der Waals surface area contributed by atoms with Gasteiger partial charge in [-0.1, -0.05) is 6.07 Å². The molecule has 5 heteroatoms. The molecule has 2 atom stereocenters. The largest absolute Gasteiger partial charge is 0.467 e. The zero-order valence-corrected chi connectivity index (χ0v) is 14.7. The number of fused-ring (bicyclic) bond motifs is 4. The van der Waals surface area contributed by atoms with Crippen molar-refractivity contribution in [2.75, 3.05) is 4.90 Å². The minimum Gasteiger partial charge on any atom is -0.467 e. The number of anilines is 1. The Kier molecular flexibility index (Phi) is 3.32. The van der Waals surface area contributed by atoms with Crippen molar-refractivity contribution >= 4 is 23.0 Å². The van der Waals surface area contributed by atoms with Gasteiger partial charge in [0.1, 0.15) is 11.6 Å². The van der Waals surface area contributed by atoms with Crippen LogP contribution in [0.3, 0.4) is 0 Å². The Morgan fingerprint density at radius 3 is 2.75 bits per heavy atom. The van der Waals surface area contributed by atoms with Crippen LogP contribution in [-0.4, -0.2) is 10.8 Å². The van der Waals surface area contributed by atoms with E-state index < -0.39 is 5.72 Å². The molecule has 0 radical (unpaired) electrons. The number of aryl methyl sites for hydroxylation is 2. The predicted octanol–water partition coefficient (Wildman–Crippen LogP) is 4.38. The summed E-state index contributed by atoms with van der Waals surface area (Å²) in [6.07, 6.45) is 0.691. The number of hydrogen-bond donors (Lipinski definition) is 1. The zero-order chi connectivity index (χ0) is 17.1. The molecule has 24 heavy (non-hydrogen) atoms. The maximum Gasteiger partial charge on any atom is 0.188 e. The number of ether oxygens (including phenoxy) is 1. The molecule has 3 nitrogen and oxygen atoms in total. The molecule has 2 bridgehead atoms. The van der Waals surface area contributed by atoms with Gasteiger partial charge >= 0.3 is 0 Å². The molecule has 1 saturated heterocycles. The van der Waals surface area contributed by atoms with Gasteiger partial charge in [-0.25, -0.2) is 4.39 Å². The number of benzene rings is 2. The van der Waals surface area contributed by atoms with Crippen LogP contribution in [0.5, 0.6) is 5.75 Å². The average Bonchev–Trinajstić information content (AvgIpc) is 2.51. The first kappa shape index (κ1) is 15.4. The van der Waals surface area contributed by atoms with E-state index in [1.165, 1.54) is 23.3 Å². The molecule has 0 aromatic heterocycles. The average molecular weight is 342 g/mol. The molecule has 124 valence electrons. The Bertz CT molecular complexity index is 853. The smallest absolute Gasteiger partial charge is 0.188 e. The molecule has 0 amide bonds. The number of nitrogens with one attached hydrogen (secondary N) is 1. The van der Waals surface area contributed by atoms with Gasteiger partial charge in [0, 0.05) is 17.7 Å². The summed E-state index contributed by atoms with van der Waals surface area (Å²) in [5, 5.41) is 3.95. The van der Waals surface area contributed by atoms with Gasteiger partial charge in [-0.15, -0.1) is 0 Å². The normalized spacial score (nSPS) is 24.9. The van der Waals surface area contributed by atoms with Gasteiger partial charge in [0.2, 0.25) is 0 Å². The summed E-state index contributed by atoms with van der Waals surface area (Å²) in [6, 6.07) is 10.9. The van der Waals surface area contributed by atoms with Crippen LogP contribution in [-0.2, 0) is 0 Å². The Balaban J connectivity index is 1.80. The molecule has 0 saturated carbocycles. The van der Waals surface area contributed by atoms with E-state index in [0.29, 0.717) is 17.3 Å². The quantitative estimate of drug-likeness (QED) is 0.778. The monoisotopic (exact) mass is 342 g/mol. The fourth-order valence-corrected chi connectivity index (χ4v) is 4.04. The molecule has 2 aliphatic heterocycles. The van der Waals surface area contributed by atoms with E-state index in [2.05, 4.69) is 37.4 Å².